The van der Waals surface area contributed by atoms with Crippen molar-refractivity contribution in [3.8, 4) is 17.2 Å². The number of unbranched alkanes of at least 4 members (excludes halogenated alkanes) is 1. The topological polar surface area (TPSA) is 73.4 Å². The maximum atomic E-state index is 12.6. The van der Waals surface area contributed by atoms with Gasteiger partial charge < -0.3 is 28.7 Å². The summed E-state index contributed by atoms with van der Waals surface area (Å²) in [7, 11) is 0. The first-order valence-electron chi connectivity index (χ1n) is 15.0. The molecule has 8 nitrogen and oxygen atoms in total. The summed E-state index contributed by atoms with van der Waals surface area (Å²) < 4.78 is 23.4. The van der Waals surface area contributed by atoms with Gasteiger partial charge in [0, 0.05) is 25.7 Å². The molecule has 0 saturated carbocycles. The van der Waals surface area contributed by atoms with Gasteiger partial charge >= 0.3 is 6.09 Å². The number of anilines is 1. The summed E-state index contributed by atoms with van der Waals surface area (Å²) in [6, 6.07) is 10.1. The monoisotopic (exact) mass is 553 g/mol. The molecule has 0 N–H and O–H groups in total. The molecule has 1 amide bonds. The summed E-state index contributed by atoms with van der Waals surface area (Å²) in [5.41, 5.74) is 0.586. The molecule has 1 aromatic heterocycles. The summed E-state index contributed by atoms with van der Waals surface area (Å²) in [6.07, 6.45) is 10.8. The van der Waals surface area contributed by atoms with Gasteiger partial charge in [-0.05, 0) is 89.5 Å². The average Bonchev–Trinajstić information content (AvgIpc) is 3.42. The predicted molar refractivity (Wildman–Crippen MR) is 158 cm³/mol. The number of rotatable bonds is 12. The van der Waals surface area contributed by atoms with E-state index in [4.69, 9.17) is 18.9 Å². The van der Waals surface area contributed by atoms with Crippen LogP contribution in [0.4, 0.5) is 10.5 Å². The number of hydrogen-bond donors (Lipinski definition) is 0. The molecule has 3 heterocycles. The maximum Gasteiger partial charge on any atom is 0.410 e. The lowest BCUT2D eigenvalue weighted by atomic mass is 9.94. The highest BCUT2D eigenvalue weighted by Crippen LogP contribution is 2.28. The van der Waals surface area contributed by atoms with Gasteiger partial charge in [0.25, 0.3) is 0 Å². The fourth-order valence-corrected chi connectivity index (χ4v) is 5.21. The van der Waals surface area contributed by atoms with Crippen molar-refractivity contribution in [2.24, 2.45) is 5.92 Å². The zero-order valence-electron chi connectivity index (χ0n) is 24.8. The third-order valence-electron chi connectivity index (χ3n) is 7.51. The lowest BCUT2D eigenvalue weighted by Gasteiger charge is -2.33. The second-order valence-electron chi connectivity index (χ2n) is 11.9. The largest absolute Gasteiger partial charge is 0.494 e. The highest BCUT2D eigenvalue weighted by Gasteiger charge is 2.32. The van der Waals surface area contributed by atoms with Crippen LogP contribution in [0.25, 0.3) is 0 Å². The Balaban J connectivity index is 1.17. The van der Waals surface area contributed by atoms with Crippen LogP contribution in [0.2, 0.25) is 0 Å². The van der Waals surface area contributed by atoms with Crippen LogP contribution < -0.4 is 19.1 Å². The minimum Gasteiger partial charge on any atom is -0.494 e. The van der Waals surface area contributed by atoms with Gasteiger partial charge in [0.15, 0.2) is 0 Å². The highest BCUT2D eigenvalue weighted by molar-refractivity contribution is 5.69. The summed E-state index contributed by atoms with van der Waals surface area (Å²) in [6.45, 7) is 12.5. The summed E-state index contributed by atoms with van der Waals surface area (Å²) >= 11 is 0. The molecule has 2 aromatic rings. The van der Waals surface area contributed by atoms with Crippen LogP contribution in [0.15, 0.2) is 42.7 Å². The second kappa shape index (κ2) is 14.5. The van der Waals surface area contributed by atoms with Crippen LogP contribution in [0.3, 0.4) is 0 Å². The number of ether oxygens (including phenoxy) is 4. The molecule has 2 saturated heterocycles. The van der Waals surface area contributed by atoms with E-state index in [1.807, 2.05) is 51.2 Å². The zero-order valence-corrected chi connectivity index (χ0v) is 24.8. The molecular weight excluding hydrogens is 506 g/mol. The van der Waals surface area contributed by atoms with Crippen molar-refractivity contribution in [3.63, 3.8) is 0 Å². The third-order valence-corrected chi connectivity index (χ3v) is 7.51. The molecular formula is C32H47N3O5. The van der Waals surface area contributed by atoms with Crippen molar-refractivity contribution in [3.05, 3.63) is 42.7 Å². The van der Waals surface area contributed by atoms with Crippen LogP contribution >= 0.6 is 0 Å². The molecule has 2 aliphatic rings. The Kier molecular flexibility index (Phi) is 10.8. The number of carbonyl (C=O) groups is 1. The van der Waals surface area contributed by atoms with E-state index in [2.05, 4.69) is 22.9 Å². The fraction of sp³-hybridized carbons (Fsp3) is 0.625. The molecule has 1 aromatic carbocycles. The molecule has 0 bridgehead atoms. The number of pyridine rings is 1. The quantitative estimate of drug-likeness (QED) is 0.270. The summed E-state index contributed by atoms with van der Waals surface area (Å²) in [5.74, 6) is 3.20. The Morgan fingerprint density at radius 3 is 2.30 bits per heavy atom. The molecule has 4 rings (SSSR count). The Morgan fingerprint density at radius 2 is 1.62 bits per heavy atom. The first kappa shape index (κ1) is 29.8. The van der Waals surface area contributed by atoms with E-state index in [1.54, 1.807) is 11.1 Å². The summed E-state index contributed by atoms with van der Waals surface area (Å²) in [5, 5.41) is 0. The van der Waals surface area contributed by atoms with E-state index < -0.39 is 5.60 Å². The van der Waals surface area contributed by atoms with Gasteiger partial charge in [0.1, 0.15) is 29.5 Å². The second-order valence-corrected chi connectivity index (χ2v) is 11.9. The number of amides is 1. The number of piperidine rings is 1. The van der Waals surface area contributed by atoms with Crippen molar-refractivity contribution in [1.29, 1.82) is 0 Å². The highest BCUT2D eigenvalue weighted by atomic mass is 16.6. The number of hydrogen-bond acceptors (Lipinski definition) is 7. The number of benzene rings is 1. The fourth-order valence-electron chi connectivity index (χ4n) is 5.21. The van der Waals surface area contributed by atoms with E-state index in [0.717, 1.165) is 94.2 Å². The van der Waals surface area contributed by atoms with E-state index in [-0.39, 0.29) is 12.1 Å². The normalized spacial score (nSPS) is 18.1. The SMILES string of the molecule is CCCCOc1ccc(OCCC2CCN(c3cncc(OC[C@@H]4CCCN4C(=O)OC(C)(C)C)c3)CC2)cc1. The molecule has 220 valence electrons. The minimum absolute atomic E-state index is 0.0218. The van der Waals surface area contributed by atoms with Crippen LogP contribution in [0.5, 0.6) is 17.2 Å². The molecule has 0 unspecified atom stereocenters. The van der Waals surface area contributed by atoms with Crippen molar-refractivity contribution >= 4 is 11.8 Å². The molecule has 0 radical (unpaired) electrons. The van der Waals surface area contributed by atoms with Gasteiger partial charge in [0.05, 0.1) is 37.3 Å². The zero-order chi connectivity index (χ0) is 28.4. The van der Waals surface area contributed by atoms with Gasteiger partial charge in [-0.25, -0.2) is 4.79 Å². The smallest absolute Gasteiger partial charge is 0.410 e. The third kappa shape index (κ3) is 9.20. The van der Waals surface area contributed by atoms with Crippen LogP contribution in [0.1, 0.15) is 72.6 Å². The Labute approximate surface area is 239 Å². The maximum absolute atomic E-state index is 12.6. The van der Waals surface area contributed by atoms with Crippen molar-refractivity contribution in [1.82, 2.24) is 9.88 Å². The van der Waals surface area contributed by atoms with Crippen molar-refractivity contribution < 1.29 is 23.7 Å². The summed E-state index contributed by atoms with van der Waals surface area (Å²) in [4.78, 5) is 21.2. The van der Waals surface area contributed by atoms with Crippen molar-refractivity contribution in [2.45, 2.75) is 84.3 Å². The van der Waals surface area contributed by atoms with Crippen LogP contribution in [-0.2, 0) is 4.74 Å². The molecule has 40 heavy (non-hydrogen) atoms. The first-order chi connectivity index (χ1) is 19.3. The van der Waals surface area contributed by atoms with Crippen LogP contribution in [-0.4, -0.2) is 67.1 Å². The van der Waals surface area contributed by atoms with Gasteiger partial charge in [-0.2, -0.15) is 0 Å². The lowest BCUT2D eigenvalue weighted by Crippen LogP contribution is -2.42. The van der Waals surface area contributed by atoms with Crippen LogP contribution in [0, 0.1) is 5.92 Å². The van der Waals surface area contributed by atoms with E-state index in [0.29, 0.717) is 19.1 Å². The van der Waals surface area contributed by atoms with Gasteiger partial charge in [-0.15, -0.1) is 0 Å². The average molecular weight is 554 g/mol. The predicted octanol–water partition coefficient (Wildman–Crippen LogP) is 6.72. The Bertz CT molecular complexity index is 1050. The Hall–Kier alpha value is -3.16. The number of aromatic nitrogens is 1. The number of likely N-dealkylation sites (tertiary alicyclic amines) is 1. The molecule has 2 fully saturated rings. The molecule has 1 atom stereocenters. The first-order valence-corrected chi connectivity index (χ1v) is 15.0. The van der Waals surface area contributed by atoms with Crippen molar-refractivity contribution in [2.75, 3.05) is 44.4 Å². The lowest BCUT2D eigenvalue weighted by molar-refractivity contribution is 0.0187. The van der Waals surface area contributed by atoms with E-state index in [9.17, 15) is 4.79 Å². The molecule has 2 aliphatic heterocycles. The van der Waals surface area contributed by atoms with E-state index >= 15 is 0 Å². The molecule has 8 heteroatoms. The number of carbonyl (C=O) groups excluding carboxylic acids is 1. The van der Waals surface area contributed by atoms with Gasteiger partial charge in [-0.3, -0.25) is 4.98 Å². The standard InChI is InChI=1S/C32H47N3O5/c1-5-6-19-37-28-9-11-29(12-10-28)38-20-15-25-13-17-34(18-14-25)27-21-30(23-33-22-27)39-24-26-8-7-16-35(26)31(36)40-32(2,3)4/h9-12,21-23,25-26H,5-8,13-20,24H2,1-4H3/t26-/m0/s1. The van der Waals surface area contributed by atoms with Gasteiger partial charge in [0.2, 0.25) is 0 Å². The van der Waals surface area contributed by atoms with E-state index in [1.165, 1.54) is 0 Å². The Morgan fingerprint density at radius 1 is 0.925 bits per heavy atom. The molecule has 0 spiro atoms. The molecule has 0 aliphatic carbocycles. The van der Waals surface area contributed by atoms with Gasteiger partial charge in [-0.1, -0.05) is 13.3 Å². The number of nitrogens with zero attached hydrogens (tertiary/aromatic N) is 3. The minimum atomic E-state index is -0.501.